The number of aryl methyl sites for hydroxylation is 2. The maximum absolute atomic E-state index is 14.7. The fourth-order valence-corrected chi connectivity index (χ4v) is 9.44. The summed E-state index contributed by atoms with van der Waals surface area (Å²) in [5, 5.41) is 19.7. The van der Waals surface area contributed by atoms with E-state index in [2.05, 4.69) is 71.5 Å². The molecule has 4 N–H and O–H groups in total. The molecule has 2 saturated heterocycles. The van der Waals surface area contributed by atoms with Gasteiger partial charge in [0.1, 0.15) is 29.9 Å². The summed E-state index contributed by atoms with van der Waals surface area (Å²) < 4.78 is 8.41. The number of amides is 4. The van der Waals surface area contributed by atoms with Crippen LogP contribution in [0.25, 0.3) is 33.3 Å². The molecule has 15 nitrogen and oxygen atoms in total. The van der Waals surface area contributed by atoms with Crippen LogP contribution in [0.2, 0.25) is 0 Å². The number of carbonyl (C=O) groups excluding carboxylic acids is 5. The van der Waals surface area contributed by atoms with Crippen molar-refractivity contribution < 1.29 is 33.8 Å². The summed E-state index contributed by atoms with van der Waals surface area (Å²) in [5.74, 6) is -2.51. The minimum atomic E-state index is -1.17. The van der Waals surface area contributed by atoms with Gasteiger partial charge in [-0.3, -0.25) is 39.3 Å². The molecule has 4 amide bonds. The van der Waals surface area contributed by atoms with Gasteiger partial charge in [-0.05, 0) is 104 Å². The number of hydrogen-bond donors (Lipinski definition) is 4. The SMILES string of the molecule is CCc1ccncc1-c1c2c3cc(ccc3n1CC)-c1cc(O)cc(c1)C[C@H](NC(=O)[C@H](C(C)C)N(C)C(=O)CN(C)C(=O)[C@H]1N[C@H]1C)C(=O)N1CCC[C@H](N1)C(=O)OCC(C)(C)C2. The van der Waals surface area contributed by atoms with E-state index in [9.17, 15) is 29.1 Å². The average Bonchev–Trinajstić information content (AvgIpc) is 3.93. The number of nitrogens with one attached hydrogen (secondary N) is 3. The van der Waals surface area contributed by atoms with Gasteiger partial charge in [-0.15, -0.1) is 0 Å². The van der Waals surface area contributed by atoms with Crippen molar-refractivity contribution in [2.75, 3.05) is 33.8 Å². The third-order valence-corrected chi connectivity index (χ3v) is 13.0. The summed E-state index contributed by atoms with van der Waals surface area (Å²) in [5.41, 5.74) is 10.2. The summed E-state index contributed by atoms with van der Waals surface area (Å²) in [7, 11) is 3.09. The molecule has 0 aliphatic carbocycles. The van der Waals surface area contributed by atoms with Gasteiger partial charge in [-0.2, -0.15) is 0 Å². The predicted octanol–water partition coefficient (Wildman–Crippen LogP) is 4.61. The number of nitrogens with zero attached hydrogens (tertiary/aromatic N) is 5. The number of carbonyl (C=O) groups is 5. The maximum Gasteiger partial charge on any atom is 0.324 e. The largest absolute Gasteiger partial charge is 0.508 e. The lowest BCUT2D eigenvalue weighted by molar-refractivity contribution is -0.155. The second-order valence-electron chi connectivity index (χ2n) is 18.9. The van der Waals surface area contributed by atoms with Crippen LogP contribution in [0, 0.1) is 11.3 Å². The molecule has 6 bridgehead atoms. The first-order chi connectivity index (χ1) is 30.4. The molecular weight excluding hydrogens is 813 g/mol. The van der Waals surface area contributed by atoms with Gasteiger partial charge in [0.15, 0.2) is 0 Å². The second-order valence-corrected chi connectivity index (χ2v) is 18.9. The highest BCUT2D eigenvalue weighted by Gasteiger charge is 2.42. The molecule has 5 heterocycles. The van der Waals surface area contributed by atoms with E-state index in [0.717, 1.165) is 45.3 Å². The highest BCUT2D eigenvalue weighted by molar-refractivity contribution is 5.96. The van der Waals surface area contributed by atoms with Crippen molar-refractivity contribution in [1.29, 1.82) is 0 Å². The molecular formula is C49H64N8O7. The molecule has 2 aromatic heterocycles. The smallest absolute Gasteiger partial charge is 0.324 e. The highest BCUT2D eigenvalue weighted by Crippen LogP contribution is 2.41. The Morgan fingerprint density at radius 1 is 1.06 bits per heavy atom. The van der Waals surface area contributed by atoms with E-state index in [-0.39, 0.29) is 55.8 Å². The molecule has 0 unspecified atom stereocenters. The van der Waals surface area contributed by atoms with Crippen LogP contribution in [0.1, 0.15) is 78.0 Å². The van der Waals surface area contributed by atoms with E-state index in [0.29, 0.717) is 31.4 Å². The predicted molar refractivity (Wildman–Crippen MR) is 245 cm³/mol. The van der Waals surface area contributed by atoms with Gasteiger partial charge in [0.05, 0.1) is 18.8 Å². The molecule has 0 radical (unpaired) electrons. The van der Waals surface area contributed by atoms with E-state index in [1.807, 2.05) is 45.3 Å². The summed E-state index contributed by atoms with van der Waals surface area (Å²) in [6.45, 7) is 14.8. The number of benzene rings is 2. The van der Waals surface area contributed by atoms with Crippen molar-refractivity contribution in [2.45, 2.75) is 117 Å². The molecule has 0 saturated carbocycles. The first kappa shape index (κ1) is 46.2. The molecule has 5 atom stereocenters. The summed E-state index contributed by atoms with van der Waals surface area (Å²) in [4.78, 5) is 76.6. The molecule has 4 aromatic rings. The lowest BCUT2D eigenvalue weighted by Gasteiger charge is -2.37. The van der Waals surface area contributed by atoms with E-state index in [4.69, 9.17) is 4.74 Å². The lowest BCUT2D eigenvalue weighted by atomic mass is 9.84. The van der Waals surface area contributed by atoms with Gasteiger partial charge in [-0.1, -0.05) is 46.8 Å². The third kappa shape index (κ3) is 9.65. The molecule has 3 aliphatic rings. The zero-order chi connectivity index (χ0) is 46.2. The van der Waals surface area contributed by atoms with Crippen LogP contribution in [0.5, 0.6) is 5.75 Å². The Kier molecular flexibility index (Phi) is 13.5. The number of esters is 1. The van der Waals surface area contributed by atoms with Crippen LogP contribution in [0.15, 0.2) is 54.9 Å². The number of fused-ring (bicyclic) bond motifs is 6. The Morgan fingerprint density at radius 2 is 1.81 bits per heavy atom. The van der Waals surface area contributed by atoms with Gasteiger partial charge in [-0.25, -0.2) is 5.43 Å². The standard InChI is InChI=1S/C49H64N8O7/c1-10-31-16-17-50-25-37(31)44-36-24-49(6,7)27-64-48(63)38-13-12-18-57(53-38)46(61)39(21-30-19-33(22-34(58)20-30)32-14-15-40(35(36)23-32)56(44)11-2)52-45(60)43(28(3)4)55(9)41(59)26-54(8)47(62)42-29(5)51-42/h14-17,19-20,22-23,25,28-29,38-39,42-43,51,53,58H,10-13,18,21,24,26-27H2,1-9H3,(H,52,60)/t29-,38-,39-,42-,43-/m0/s1. The number of aromatic nitrogens is 2. The quantitative estimate of drug-likeness (QED) is 0.130. The summed E-state index contributed by atoms with van der Waals surface area (Å²) >= 11 is 0. The Bertz CT molecular complexity index is 2440. The first-order valence-electron chi connectivity index (χ1n) is 22.6. The van der Waals surface area contributed by atoms with E-state index in [1.54, 1.807) is 19.2 Å². The number of hydrazine groups is 1. The summed E-state index contributed by atoms with van der Waals surface area (Å²) in [6.07, 6.45) is 6.11. The van der Waals surface area contributed by atoms with E-state index < -0.39 is 47.2 Å². The molecule has 2 fully saturated rings. The minimum Gasteiger partial charge on any atom is -0.508 e. The minimum absolute atomic E-state index is 0.00518. The van der Waals surface area contributed by atoms with Crippen LogP contribution in [-0.4, -0.2) is 123 Å². The van der Waals surface area contributed by atoms with Crippen molar-refractivity contribution in [3.05, 3.63) is 71.5 Å². The maximum atomic E-state index is 14.7. The highest BCUT2D eigenvalue weighted by atomic mass is 16.5. The van der Waals surface area contributed by atoms with Crippen molar-refractivity contribution in [3.8, 4) is 28.1 Å². The van der Waals surface area contributed by atoms with Crippen LogP contribution in [0.3, 0.4) is 0 Å². The van der Waals surface area contributed by atoms with Crippen molar-refractivity contribution in [1.82, 2.24) is 40.4 Å². The molecule has 0 spiro atoms. The average molecular weight is 877 g/mol. The van der Waals surface area contributed by atoms with Crippen molar-refractivity contribution in [3.63, 3.8) is 0 Å². The topological polar surface area (TPSA) is 188 Å². The monoisotopic (exact) mass is 876 g/mol. The van der Waals surface area contributed by atoms with Crippen LogP contribution < -0.4 is 16.1 Å². The van der Waals surface area contributed by atoms with Gasteiger partial charge < -0.3 is 29.5 Å². The zero-order valence-electron chi connectivity index (χ0n) is 38.7. The summed E-state index contributed by atoms with van der Waals surface area (Å²) in [6, 6.07) is 10.3. The molecule has 3 aliphatic heterocycles. The number of pyridine rings is 1. The van der Waals surface area contributed by atoms with E-state index >= 15 is 0 Å². The Hall–Kier alpha value is -5.80. The Morgan fingerprint density at radius 3 is 2.50 bits per heavy atom. The Labute approximate surface area is 375 Å². The zero-order valence-corrected chi connectivity index (χ0v) is 38.7. The number of aromatic hydroxyl groups is 1. The second kappa shape index (κ2) is 18.7. The van der Waals surface area contributed by atoms with Gasteiger partial charge in [0.25, 0.3) is 5.91 Å². The number of cyclic esters (lactones) is 1. The number of ether oxygens (including phenoxy) is 1. The lowest BCUT2D eigenvalue weighted by Crippen LogP contribution is -2.62. The van der Waals surface area contributed by atoms with Crippen molar-refractivity contribution in [2.24, 2.45) is 11.3 Å². The molecule has 2 aromatic carbocycles. The molecule has 7 rings (SSSR count). The number of phenols is 1. The van der Waals surface area contributed by atoms with Crippen LogP contribution in [0.4, 0.5) is 0 Å². The third-order valence-electron chi connectivity index (χ3n) is 13.0. The number of rotatable bonds is 10. The van der Waals surface area contributed by atoms with Gasteiger partial charge in [0.2, 0.25) is 17.7 Å². The van der Waals surface area contributed by atoms with Crippen LogP contribution in [-0.2, 0) is 54.5 Å². The Balaban J connectivity index is 1.29. The number of likely N-dealkylation sites (N-methyl/N-ethyl adjacent to an activating group) is 2. The number of hydrogen-bond acceptors (Lipinski definition) is 10. The number of phenolic OH excluding ortho intramolecular Hbond substituents is 1. The van der Waals surface area contributed by atoms with Crippen LogP contribution >= 0.6 is 0 Å². The first-order valence-corrected chi connectivity index (χ1v) is 22.6. The molecule has 342 valence electrons. The van der Waals surface area contributed by atoms with E-state index in [1.165, 1.54) is 27.4 Å². The van der Waals surface area contributed by atoms with Crippen molar-refractivity contribution >= 4 is 40.5 Å². The normalized spacial score (nSPS) is 21.5. The fraction of sp³-hybridized carbons (Fsp3) is 0.510. The molecule has 15 heteroatoms. The fourth-order valence-electron chi connectivity index (χ4n) is 9.44. The van der Waals surface area contributed by atoms with Gasteiger partial charge in [0, 0.05) is 73.9 Å². The molecule has 64 heavy (non-hydrogen) atoms. The van der Waals surface area contributed by atoms with Gasteiger partial charge >= 0.3 is 5.97 Å².